The topological polar surface area (TPSA) is 28.5 Å². The van der Waals surface area contributed by atoms with Gasteiger partial charge in [0.05, 0.1) is 4.90 Å². The first-order chi connectivity index (χ1) is 8.27. The van der Waals surface area contributed by atoms with Crippen LogP contribution >= 0.6 is 11.8 Å². The third-order valence-corrected chi connectivity index (χ3v) is 3.75. The monoisotopic (exact) mass is 245 g/mol. The molecule has 0 atom stereocenters. The van der Waals surface area contributed by atoms with Crippen molar-refractivity contribution < 1.29 is 0 Å². The second kappa shape index (κ2) is 5.19. The van der Waals surface area contributed by atoms with E-state index in [1.807, 2.05) is 24.2 Å². The van der Waals surface area contributed by atoms with E-state index in [0.717, 1.165) is 18.1 Å². The Morgan fingerprint density at radius 2 is 2.41 bits per heavy atom. The summed E-state index contributed by atoms with van der Waals surface area (Å²) in [5.41, 5.74) is 0. The van der Waals surface area contributed by atoms with E-state index < -0.39 is 0 Å². The summed E-state index contributed by atoms with van der Waals surface area (Å²) in [5.74, 6) is 1.93. The van der Waals surface area contributed by atoms with Crippen molar-refractivity contribution in [3.63, 3.8) is 0 Å². The molecule has 0 unspecified atom stereocenters. The third kappa shape index (κ3) is 2.26. The highest BCUT2D eigenvalue weighted by molar-refractivity contribution is 8.03. The van der Waals surface area contributed by atoms with E-state index in [9.17, 15) is 0 Å². The van der Waals surface area contributed by atoms with E-state index in [4.69, 9.17) is 0 Å². The fourth-order valence-electron chi connectivity index (χ4n) is 1.69. The highest BCUT2D eigenvalue weighted by Gasteiger charge is 2.22. The summed E-state index contributed by atoms with van der Waals surface area (Å²) in [7, 11) is 2.00. The van der Waals surface area contributed by atoms with Gasteiger partial charge in [0.15, 0.2) is 0 Å². The van der Waals surface area contributed by atoms with Crippen molar-refractivity contribution in [2.45, 2.75) is 18.2 Å². The summed E-state index contributed by atoms with van der Waals surface area (Å²) in [5, 5.41) is 0. The van der Waals surface area contributed by atoms with Gasteiger partial charge in [-0.05, 0) is 18.6 Å². The second-order valence-electron chi connectivity index (χ2n) is 3.60. The number of aromatic nitrogens is 1. The van der Waals surface area contributed by atoms with Gasteiger partial charge in [-0.25, -0.2) is 9.98 Å². The van der Waals surface area contributed by atoms with Crippen LogP contribution in [0.5, 0.6) is 0 Å². The zero-order valence-electron chi connectivity index (χ0n) is 10.1. The lowest BCUT2D eigenvalue weighted by molar-refractivity contribution is 0.956. The largest absolute Gasteiger partial charge is 0.313 e. The molecule has 17 heavy (non-hydrogen) atoms. The standard InChI is InChI=1S/C13H15N3S/c1-4-8-14-12-10(5-2)17-11-7-6-9-15-13(11)16(12)3/h4,6-9H,1,5H2,2-3H3. The first-order valence-corrected chi connectivity index (χ1v) is 6.34. The smallest absolute Gasteiger partial charge is 0.147 e. The number of hydrogen-bond acceptors (Lipinski definition) is 4. The van der Waals surface area contributed by atoms with Crippen LogP contribution in [0.25, 0.3) is 0 Å². The number of rotatable bonds is 3. The molecule has 4 heteroatoms. The van der Waals surface area contributed by atoms with Crippen LogP contribution in [-0.4, -0.2) is 18.2 Å². The Kier molecular flexibility index (Phi) is 3.64. The molecule has 0 bridgehead atoms. The number of pyridine rings is 1. The van der Waals surface area contributed by atoms with Gasteiger partial charge in [-0.3, -0.25) is 0 Å². The van der Waals surface area contributed by atoms with E-state index in [2.05, 4.69) is 29.5 Å². The Morgan fingerprint density at radius 1 is 1.59 bits per heavy atom. The first kappa shape index (κ1) is 11.9. The number of fused-ring (bicyclic) bond motifs is 1. The van der Waals surface area contributed by atoms with Gasteiger partial charge in [0, 0.05) is 24.4 Å². The summed E-state index contributed by atoms with van der Waals surface area (Å²) in [6, 6.07) is 4.05. The molecule has 0 N–H and O–H groups in total. The normalized spacial score (nSPS) is 15.3. The van der Waals surface area contributed by atoms with E-state index >= 15 is 0 Å². The summed E-state index contributed by atoms with van der Waals surface area (Å²) < 4.78 is 0. The molecule has 0 radical (unpaired) electrons. The van der Waals surface area contributed by atoms with Crippen molar-refractivity contribution in [2.24, 2.45) is 4.99 Å². The van der Waals surface area contributed by atoms with Crippen LogP contribution < -0.4 is 4.90 Å². The lowest BCUT2D eigenvalue weighted by Gasteiger charge is -2.27. The van der Waals surface area contributed by atoms with E-state index in [1.54, 1.807) is 24.1 Å². The minimum Gasteiger partial charge on any atom is -0.313 e. The van der Waals surface area contributed by atoms with Crippen LogP contribution in [0.15, 0.2) is 51.6 Å². The van der Waals surface area contributed by atoms with Gasteiger partial charge in [-0.1, -0.05) is 31.3 Å². The van der Waals surface area contributed by atoms with Crippen LogP contribution in [0.1, 0.15) is 13.3 Å². The summed E-state index contributed by atoms with van der Waals surface area (Å²) in [6.45, 7) is 5.79. The molecule has 3 nitrogen and oxygen atoms in total. The number of hydrogen-bond donors (Lipinski definition) is 0. The fraction of sp³-hybridized carbons (Fsp3) is 0.231. The molecular formula is C13H15N3S. The maximum Gasteiger partial charge on any atom is 0.147 e. The Labute approximate surface area is 106 Å². The number of anilines is 1. The van der Waals surface area contributed by atoms with E-state index in [0.29, 0.717) is 0 Å². The molecule has 1 aromatic rings. The van der Waals surface area contributed by atoms with Crippen molar-refractivity contribution in [1.29, 1.82) is 0 Å². The lowest BCUT2D eigenvalue weighted by Crippen LogP contribution is -2.21. The molecule has 0 saturated carbocycles. The fourth-order valence-corrected chi connectivity index (χ4v) is 2.81. The molecule has 0 fully saturated rings. The molecule has 0 saturated heterocycles. The van der Waals surface area contributed by atoms with E-state index in [-0.39, 0.29) is 0 Å². The molecule has 2 rings (SSSR count). The van der Waals surface area contributed by atoms with Crippen molar-refractivity contribution in [3.05, 3.63) is 41.7 Å². The minimum atomic E-state index is 0.962. The summed E-state index contributed by atoms with van der Waals surface area (Å²) in [6.07, 6.45) is 6.18. The van der Waals surface area contributed by atoms with Gasteiger partial charge < -0.3 is 4.90 Å². The highest BCUT2D eigenvalue weighted by atomic mass is 32.2. The zero-order valence-corrected chi connectivity index (χ0v) is 10.9. The first-order valence-electron chi connectivity index (χ1n) is 5.52. The summed E-state index contributed by atoms with van der Waals surface area (Å²) in [4.78, 5) is 13.3. The van der Waals surface area contributed by atoms with Crippen LogP contribution in [0, 0.1) is 0 Å². The Morgan fingerprint density at radius 3 is 3.12 bits per heavy atom. The van der Waals surface area contributed by atoms with Crippen LogP contribution in [-0.2, 0) is 0 Å². The van der Waals surface area contributed by atoms with Crippen molar-refractivity contribution in [2.75, 3.05) is 11.9 Å². The molecule has 0 spiro atoms. The van der Waals surface area contributed by atoms with Gasteiger partial charge in [0.25, 0.3) is 0 Å². The molecule has 1 aromatic heterocycles. The van der Waals surface area contributed by atoms with Crippen molar-refractivity contribution in [1.82, 2.24) is 4.98 Å². The predicted molar refractivity (Wildman–Crippen MR) is 74.5 cm³/mol. The van der Waals surface area contributed by atoms with Crippen molar-refractivity contribution >= 4 is 23.8 Å². The number of aliphatic imine (C=N–C) groups is 1. The minimum absolute atomic E-state index is 0.962. The summed E-state index contributed by atoms with van der Waals surface area (Å²) >= 11 is 1.75. The van der Waals surface area contributed by atoms with Crippen LogP contribution in [0.4, 0.5) is 5.82 Å². The van der Waals surface area contributed by atoms with Gasteiger partial charge in [-0.2, -0.15) is 0 Å². The molecule has 0 aromatic carbocycles. The van der Waals surface area contributed by atoms with Crippen molar-refractivity contribution in [3.8, 4) is 0 Å². The molecular weight excluding hydrogens is 230 g/mol. The van der Waals surface area contributed by atoms with Gasteiger partial charge in [-0.15, -0.1) is 0 Å². The quantitative estimate of drug-likeness (QED) is 0.763. The number of allylic oxidation sites excluding steroid dienone is 2. The molecule has 1 aliphatic heterocycles. The lowest BCUT2D eigenvalue weighted by atomic mass is 10.3. The third-order valence-electron chi connectivity index (χ3n) is 2.49. The highest BCUT2D eigenvalue weighted by Crippen LogP contribution is 2.42. The van der Waals surface area contributed by atoms with Gasteiger partial charge in [0.2, 0.25) is 0 Å². The van der Waals surface area contributed by atoms with E-state index in [1.165, 1.54) is 9.80 Å². The zero-order chi connectivity index (χ0) is 12.3. The molecule has 0 aliphatic carbocycles. The Bertz CT molecular complexity index is 491. The average molecular weight is 245 g/mol. The average Bonchev–Trinajstić information content (AvgIpc) is 2.37. The Hall–Kier alpha value is -1.55. The molecule has 1 aliphatic rings. The maximum atomic E-state index is 4.44. The van der Waals surface area contributed by atoms with Crippen LogP contribution in [0.3, 0.4) is 0 Å². The van der Waals surface area contributed by atoms with Gasteiger partial charge in [0.1, 0.15) is 11.6 Å². The molecule has 0 amide bonds. The Balaban J connectivity index is 2.46. The predicted octanol–water partition coefficient (Wildman–Crippen LogP) is 3.46. The van der Waals surface area contributed by atoms with Crippen LogP contribution in [0.2, 0.25) is 0 Å². The number of nitrogens with zero attached hydrogens (tertiary/aromatic N) is 3. The number of thioether (sulfide) groups is 1. The SMILES string of the molecule is C=CC=NC1=C(CC)Sc2cccnc2N1C. The van der Waals surface area contributed by atoms with Gasteiger partial charge >= 0.3 is 0 Å². The maximum absolute atomic E-state index is 4.44. The molecule has 2 heterocycles. The second-order valence-corrected chi connectivity index (χ2v) is 4.74. The molecule has 88 valence electrons.